The number of benzene rings is 2. The number of hydrogen-bond donors (Lipinski definition) is 1. The van der Waals surface area contributed by atoms with Gasteiger partial charge in [0.2, 0.25) is 0 Å². The molecule has 34 heavy (non-hydrogen) atoms. The summed E-state index contributed by atoms with van der Waals surface area (Å²) >= 11 is 19.1. The largest absolute Gasteiger partial charge is 0.396 e. The van der Waals surface area contributed by atoms with E-state index in [2.05, 4.69) is 10.1 Å². The molecule has 0 saturated heterocycles. The molecule has 0 fully saturated rings. The molecule has 2 aromatic heterocycles. The SMILES string of the molecule is Cc1nc(N(CCCO)Cc2ccccc2)c2c(S(C)=O)nn(-c3c(Cl)cc(Cl)cc3Cl)c2n1. The van der Waals surface area contributed by atoms with Crippen molar-refractivity contribution in [2.75, 3.05) is 24.3 Å². The molecule has 11 heteroatoms. The van der Waals surface area contributed by atoms with Crippen molar-refractivity contribution in [1.29, 1.82) is 0 Å². The summed E-state index contributed by atoms with van der Waals surface area (Å²) in [6.07, 6.45) is 2.08. The average Bonchev–Trinajstić information content (AvgIpc) is 3.15. The molecule has 0 spiro atoms. The van der Waals surface area contributed by atoms with Crippen LogP contribution in [0.25, 0.3) is 16.7 Å². The number of hydrogen-bond acceptors (Lipinski definition) is 6. The third kappa shape index (κ3) is 5.06. The van der Waals surface area contributed by atoms with Gasteiger partial charge >= 0.3 is 0 Å². The second kappa shape index (κ2) is 10.6. The van der Waals surface area contributed by atoms with E-state index in [1.54, 1.807) is 25.3 Å². The molecular formula is C23H22Cl3N5O2S. The number of aliphatic hydroxyl groups is 1. The van der Waals surface area contributed by atoms with Gasteiger partial charge in [-0.25, -0.2) is 14.6 Å². The predicted octanol–water partition coefficient (Wildman–Crippen LogP) is 5.21. The van der Waals surface area contributed by atoms with Crippen molar-refractivity contribution in [2.45, 2.75) is 24.9 Å². The van der Waals surface area contributed by atoms with Crippen molar-refractivity contribution in [3.63, 3.8) is 0 Å². The van der Waals surface area contributed by atoms with Crippen LogP contribution in [0.3, 0.4) is 0 Å². The first-order valence-electron chi connectivity index (χ1n) is 10.5. The number of fused-ring (bicyclic) bond motifs is 1. The molecule has 0 aliphatic rings. The van der Waals surface area contributed by atoms with E-state index < -0.39 is 10.8 Å². The molecular weight excluding hydrogens is 517 g/mol. The summed E-state index contributed by atoms with van der Waals surface area (Å²) in [4.78, 5) is 11.4. The Bertz CT molecular complexity index is 1340. The Labute approximate surface area is 214 Å². The molecule has 0 amide bonds. The van der Waals surface area contributed by atoms with E-state index in [0.29, 0.717) is 57.9 Å². The summed E-state index contributed by atoms with van der Waals surface area (Å²) < 4.78 is 14.3. The van der Waals surface area contributed by atoms with Crippen LogP contribution in [0.4, 0.5) is 5.82 Å². The van der Waals surface area contributed by atoms with E-state index in [-0.39, 0.29) is 16.7 Å². The standard InChI is InChI=1S/C23H22Cl3N5O2S/c1-14-27-21(30(9-6-10-32)13-15-7-4-3-5-8-15)19-22(28-14)31(29-23(19)34(2)33)20-17(25)11-16(24)12-18(20)26/h3-5,7-8,11-12,32H,6,9-10,13H2,1-2H3. The van der Waals surface area contributed by atoms with Gasteiger partial charge in [0.05, 0.1) is 26.2 Å². The Hall–Kier alpha value is -2.23. The first-order valence-corrected chi connectivity index (χ1v) is 13.1. The number of rotatable bonds is 8. The molecule has 1 atom stereocenters. The number of anilines is 1. The van der Waals surface area contributed by atoms with Crippen LogP contribution in [0.2, 0.25) is 15.1 Å². The molecule has 0 aliphatic carbocycles. The molecule has 0 saturated carbocycles. The first-order chi connectivity index (χ1) is 16.3. The summed E-state index contributed by atoms with van der Waals surface area (Å²) in [5.41, 5.74) is 1.89. The highest BCUT2D eigenvalue weighted by molar-refractivity contribution is 7.84. The van der Waals surface area contributed by atoms with Crippen LogP contribution in [0.5, 0.6) is 0 Å². The molecule has 7 nitrogen and oxygen atoms in total. The third-order valence-corrected chi connectivity index (χ3v) is 6.78. The number of aliphatic hydroxyl groups excluding tert-OH is 1. The molecule has 0 radical (unpaired) electrons. The Morgan fingerprint density at radius 1 is 1.09 bits per heavy atom. The lowest BCUT2D eigenvalue weighted by Crippen LogP contribution is -2.26. The van der Waals surface area contributed by atoms with Crippen molar-refractivity contribution in [1.82, 2.24) is 19.7 Å². The van der Waals surface area contributed by atoms with Crippen molar-refractivity contribution < 1.29 is 9.32 Å². The van der Waals surface area contributed by atoms with Crippen LogP contribution >= 0.6 is 34.8 Å². The fraction of sp³-hybridized carbons (Fsp3) is 0.261. The summed E-state index contributed by atoms with van der Waals surface area (Å²) in [5, 5.41) is 15.9. The van der Waals surface area contributed by atoms with Gasteiger partial charge in [0, 0.05) is 31.0 Å². The average molecular weight is 539 g/mol. The van der Waals surface area contributed by atoms with Crippen LogP contribution in [-0.4, -0.2) is 48.5 Å². The van der Waals surface area contributed by atoms with Gasteiger partial charge in [-0.3, -0.25) is 4.21 Å². The van der Waals surface area contributed by atoms with Gasteiger partial charge in [-0.15, -0.1) is 0 Å². The molecule has 1 N–H and O–H groups in total. The molecule has 0 bridgehead atoms. The van der Waals surface area contributed by atoms with Crippen LogP contribution in [-0.2, 0) is 17.3 Å². The minimum Gasteiger partial charge on any atom is -0.396 e. The van der Waals surface area contributed by atoms with Gasteiger partial charge in [-0.1, -0.05) is 65.1 Å². The monoisotopic (exact) mass is 537 g/mol. The van der Waals surface area contributed by atoms with Crippen LogP contribution < -0.4 is 4.90 Å². The van der Waals surface area contributed by atoms with Gasteiger partial charge in [-0.05, 0) is 31.0 Å². The molecule has 1 unspecified atom stereocenters. The topological polar surface area (TPSA) is 84.1 Å². The lowest BCUT2D eigenvalue weighted by atomic mass is 10.2. The molecule has 4 aromatic rings. The van der Waals surface area contributed by atoms with E-state index >= 15 is 0 Å². The lowest BCUT2D eigenvalue weighted by molar-refractivity contribution is 0.289. The third-order valence-electron chi connectivity index (χ3n) is 5.16. The number of nitrogens with zero attached hydrogens (tertiary/aromatic N) is 5. The highest BCUT2D eigenvalue weighted by Gasteiger charge is 2.26. The second-order valence-electron chi connectivity index (χ2n) is 7.67. The summed E-state index contributed by atoms with van der Waals surface area (Å²) in [6, 6.07) is 13.1. The van der Waals surface area contributed by atoms with Crippen LogP contribution in [0.15, 0.2) is 47.5 Å². The highest BCUT2D eigenvalue weighted by atomic mass is 35.5. The summed E-state index contributed by atoms with van der Waals surface area (Å²) in [5.74, 6) is 1.08. The summed E-state index contributed by atoms with van der Waals surface area (Å²) in [7, 11) is -1.46. The van der Waals surface area contributed by atoms with Crippen molar-refractivity contribution >= 4 is 62.5 Å². The van der Waals surface area contributed by atoms with Crippen molar-refractivity contribution in [2.24, 2.45) is 0 Å². The first kappa shape index (κ1) is 24.9. The fourth-order valence-electron chi connectivity index (χ4n) is 3.72. The van der Waals surface area contributed by atoms with Crippen molar-refractivity contribution in [3.05, 3.63) is 68.9 Å². The minimum atomic E-state index is -1.46. The Balaban J connectivity index is 1.98. The highest BCUT2D eigenvalue weighted by Crippen LogP contribution is 2.37. The second-order valence-corrected chi connectivity index (χ2v) is 10.2. The lowest BCUT2D eigenvalue weighted by Gasteiger charge is -2.25. The van der Waals surface area contributed by atoms with E-state index in [0.717, 1.165) is 5.56 Å². The zero-order chi connectivity index (χ0) is 24.4. The van der Waals surface area contributed by atoms with Gasteiger partial charge in [0.25, 0.3) is 0 Å². The molecule has 4 rings (SSSR count). The number of aryl methyl sites for hydroxylation is 1. The molecule has 2 aromatic carbocycles. The van der Waals surface area contributed by atoms with E-state index in [9.17, 15) is 9.32 Å². The predicted molar refractivity (Wildman–Crippen MR) is 138 cm³/mol. The number of halogens is 3. The maximum atomic E-state index is 12.8. The number of aromatic nitrogens is 4. The Morgan fingerprint density at radius 2 is 1.76 bits per heavy atom. The van der Waals surface area contributed by atoms with Crippen molar-refractivity contribution in [3.8, 4) is 5.69 Å². The van der Waals surface area contributed by atoms with E-state index in [4.69, 9.17) is 39.8 Å². The quantitative estimate of drug-likeness (QED) is 0.331. The van der Waals surface area contributed by atoms with Crippen LogP contribution in [0.1, 0.15) is 17.8 Å². The molecule has 178 valence electrons. The smallest absolute Gasteiger partial charge is 0.170 e. The van der Waals surface area contributed by atoms with Gasteiger partial charge in [-0.2, -0.15) is 5.10 Å². The Kier molecular flexibility index (Phi) is 7.74. The van der Waals surface area contributed by atoms with Gasteiger partial charge in [0.15, 0.2) is 10.7 Å². The Morgan fingerprint density at radius 3 is 2.38 bits per heavy atom. The van der Waals surface area contributed by atoms with E-state index in [1.165, 1.54) is 4.68 Å². The van der Waals surface area contributed by atoms with Gasteiger partial charge in [0.1, 0.15) is 17.3 Å². The zero-order valence-electron chi connectivity index (χ0n) is 18.5. The van der Waals surface area contributed by atoms with Gasteiger partial charge < -0.3 is 10.0 Å². The normalized spacial score (nSPS) is 12.3. The van der Waals surface area contributed by atoms with E-state index in [1.807, 2.05) is 35.2 Å². The summed E-state index contributed by atoms with van der Waals surface area (Å²) in [6.45, 7) is 2.87. The maximum Gasteiger partial charge on any atom is 0.170 e. The minimum absolute atomic E-state index is 0.0281. The maximum absolute atomic E-state index is 12.8. The molecule has 0 aliphatic heterocycles. The molecule has 2 heterocycles. The zero-order valence-corrected chi connectivity index (χ0v) is 21.6. The van der Waals surface area contributed by atoms with Crippen LogP contribution in [0, 0.1) is 6.92 Å². The fourth-order valence-corrected chi connectivity index (χ4v) is 5.37.